The van der Waals surface area contributed by atoms with Crippen molar-refractivity contribution < 1.29 is 0 Å². The van der Waals surface area contributed by atoms with Gasteiger partial charge in [-0.05, 0) is 49.1 Å². The Labute approximate surface area is 137 Å². The van der Waals surface area contributed by atoms with Crippen molar-refractivity contribution in [2.24, 2.45) is 0 Å². The van der Waals surface area contributed by atoms with E-state index in [1.807, 2.05) is 0 Å². The van der Waals surface area contributed by atoms with Crippen molar-refractivity contribution in [3.63, 3.8) is 0 Å². The van der Waals surface area contributed by atoms with Gasteiger partial charge in [0.15, 0.2) is 0 Å². The highest BCUT2D eigenvalue weighted by molar-refractivity contribution is 7.03. The van der Waals surface area contributed by atoms with Crippen LogP contribution in [0.4, 0.5) is 0 Å². The van der Waals surface area contributed by atoms with Crippen LogP contribution in [0.2, 0.25) is 13.1 Å². The number of rotatable bonds is 0. The predicted molar refractivity (Wildman–Crippen MR) is 104 cm³/mol. The molecule has 0 saturated heterocycles. The molecule has 0 aliphatic carbocycles. The van der Waals surface area contributed by atoms with E-state index in [9.17, 15) is 0 Å². The Morgan fingerprint density at radius 3 is 2.22 bits per heavy atom. The van der Waals surface area contributed by atoms with Crippen LogP contribution in [0.5, 0.6) is 0 Å². The topological polar surface area (TPSA) is 0 Å². The van der Waals surface area contributed by atoms with Crippen molar-refractivity contribution in [2.75, 3.05) is 0 Å². The van der Waals surface area contributed by atoms with Gasteiger partial charge in [-0.3, -0.25) is 0 Å². The highest BCUT2D eigenvalue weighted by Gasteiger charge is 2.35. The summed E-state index contributed by atoms with van der Waals surface area (Å²) in [7, 11) is -1.65. The molecular formula is C22H18Si. The zero-order valence-corrected chi connectivity index (χ0v) is 14.4. The Bertz CT molecular complexity index is 1090. The molecule has 0 saturated carbocycles. The van der Waals surface area contributed by atoms with Crippen molar-refractivity contribution in [1.29, 1.82) is 0 Å². The quantitative estimate of drug-likeness (QED) is 0.323. The van der Waals surface area contributed by atoms with Gasteiger partial charge in [0.1, 0.15) is 8.07 Å². The fraction of sp³-hybridized carbons (Fsp3) is 0.0909. The van der Waals surface area contributed by atoms with Crippen LogP contribution in [0.25, 0.3) is 32.7 Å². The third kappa shape index (κ3) is 1.60. The molecule has 0 spiro atoms. The highest BCUT2D eigenvalue weighted by atomic mass is 28.3. The minimum absolute atomic E-state index is 1.34. The van der Waals surface area contributed by atoms with Gasteiger partial charge in [0.05, 0.1) is 0 Å². The van der Waals surface area contributed by atoms with Crippen molar-refractivity contribution in [3.8, 4) is 11.1 Å². The maximum absolute atomic E-state index is 2.48. The maximum Gasteiger partial charge on any atom is 0.113 e. The Morgan fingerprint density at radius 1 is 0.609 bits per heavy atom. The van der Waals surface area contributed by atoms with Gasteiger partial charge in [-0.25, -0.2) is 0 Å². The normalized spacial score (nSPS) is 14.9. The molecule has 5 rings (SSSR count). The fourth-order valence-electron chi connectivity index (χ4n) is 4.30. The summed E-state index contributed by atoms with van der Waals surface area (Å²) in [5.74, 6) is 0. The van der Waals surface area contributed by atoms with Crippen LogP contribution in [0.15, 0.2) is 72.8 Å². The summed E-state index contributed by atoms with van der Waals surface area (Å²) in [6.45, 7) is 4.97. The molecule has 0 fully saturated rings. The lowest BCUT2D eigenvalue weighted by Crippen LogP contribution is -2.55. The van der Waals surface area contributed by atoms with E-state index in [-0.39, 0.29) is 0 Å². The molecule has 4 aromatic carbocycles. The lowest BCUT2D eigenvalue weighted by atomic mass is 9.93. The molecule has 23 heavy (non-hydrogen) atoms. The van der Waals surface area contributed by atoms with Crippen LogP contribution >= 0.6 is 0 Å². The molecule has 0 N–H and O–H groups in total. The van der Waals surface area contributed by atoms with Crippen LogP contribution in [-0.4, -0.2) is 8.07 Å². The fourth-order valence-corrected chi connectivity index (χ4v) is 7.41. The molecule has 1 heteroatoms. The molecule has 0 radical (unpaired) electrons. The standard InChI is InChI=1S/C22H18Si/c1-23(2)20-12-6-5-10-17(20)19-14-15-8-3-4-9-16(15)18-11-7-13-21(23)22(18)19/h3-14H,1-2H3. The zero-order chi connectivity index (χ0) is 15.6. The average molecular weight is 310 g/mol. The van der Waals surface area contributed by atoms with Crippen LogP contribution in [0.1, 0.15) is 0 Å². The van der Waals surface area contributed by atoms with E-state index < -0.39 is 8.07 Å². The van der Waals surface area contributed by atoms with Crippen molar-refractivity contribution in [3.05, 3.63) is 72.8 Å². The van der Waals surface area contributed by atoms with Gasteiger partial charge in [-0.15, -0.1) is 0 Å². The molecular weight excluding hydrogens is 292 g/mol. The molecule has 0 bridgehead atoms. The number of fused-ring (bicyclic) bond motifs is 4. The van der Waals surface area contributed by atoms with Crippen LogP contribution in [-0.2, 0) is 0 Å². The molecule has 1 heterocycles. The highest BCUT2D eigenvalue weighted by Crippen LogP contribution is 2.37. The lowest BCUT2D eigenvalue weighted by molar-refractivity contribution is 1.64. The van der Waals surface area contributed by atoms with Crippen LogP contribution in [0.3, 0.4) is 0 Å². The lowest BCUT2D eigenvalue weighted by Gasteiger charge is -2.33. The molecule has 0 nitrogen and oxygen atoms in total. The van der Waals surface area contributed by atoms with Gasteiger partial charge >= 0.3 is 0 Å². The first kappa shape index (κ1) is 13.1. The summed E-state index contributed by atoms with van der Waals surface area (Å²) in [5, 5.41) is 8.75. The number of hydrogen-bond acceptors (Lipinski definition) is 0. The smallest absolute Gasteiger partial charge is 0.0623 e. The van der Waals surface area contributed by atoms with Gasteiger partial charge in [0.25, 0.3) is 0 Å². The van der Waals surface area contributed by atoms with E-state index in [4.69, 9.17) is 0 Å². The summed E-state index contributed by atoms with van der Waals surface area (Å²) < 4.78 is 0. The van der Waals surface area contributed by atoms with Gasteiger partial charge < -0.3 is 0 Å². The minimum Gasteiger partial charge on any atom is -0.0623 e. The largest absolute Gasteiger partial charge is 0.113 e. The Balaban J connectivity index is 2.10. The first-order valence-electron chi connectivity index (χ1n) is 8.23. The average Bonchev–Trinajstić information content (AvgIpc) is 2.59. The molecule has 0 atom stereocenters. The summed E-state index contributed by atoms with van der Waals surface area (Å²) in [6, 6.07) is 27.1. The van der Waals surface area contributed by atoms with Crippen molar-refractivity contribution in [1.82, 2.24) is 0 Å². The summed E-state index contributed by atoms with van der Waals surface area (Å²) in [5.41, 5.74) is 2.86. The first-order valence-corrected chi connectivity index (χ1v) is 11.2. The third-order valence-electron chi connectivity index (χ3n) is 5.45. The minimum atomic E-state index is -1.65. The van der Waals surface area contributed by atoms with Gasteiger partial charge in [0.2, 0.25) is 0 Å². The molecule has 1 aliphatic heterocycles. The summed E-state index contributed by atoms with van der Waals surface area (Å²) in [4.78, 5) is 0. The Kier molecular flexibility index (Phi) is 2.47. The second-order valence-corrected chi connectivity index (χ2v) is 11.4. The second-order valence-electron chi connectivity index (χ2n) is 7.04. The van der Waals surface area contributed by atoms with Gasteiger partial charge in [0, 0.05) is 0 Å². The maximum atomic E-state index is 2.48. The second kappa shape index (κ2) is 4.33. The summed E-state index contributed by atoms with van der Waals surface area (Å²) >= 11 is 0. The molecule has 1 aliphatic rings. The van der Waals surface area contributed by atoms with Gasteiger partial charge in [-0.1, -0.05) is 79.8 Å². The molecule has 110 valence electrons. The SMILES string of the molecule is C[Si]1(C)c2ccccc2-c2cc3ccccc3c3cccc1c23. The van der Waals surface area contributed by atoms with E-state index in [0.29, 0.717) is 0 Å². The van der Waals surface area contributed by atoms with E-state index >= 15 is 0 Å². The molecule has 0 unspecified atom stereocenters. The number of benzene rings is 4. The van der Waals surface area contributed by atoms with E-state index in [0.717, 1.165) is 0 Å². The molecule has 0 aromatic heterocycles. The monoisotopic (exact) mass is 310 g/mol. The van der Waals surface area contributed by atoms with E-state index in [2.05, 4.69) is 85.9 Å². The first-order chi connectivity index (χ1) is 11.2. The Morgan fingerprint density at radius 2 is 1.30 bits per heavy atom. The predicted octanol–water partition coefficient (Wildman–Crippen LogP) is 4.80. The van der Waals surface area contributed by atoms with Crippen LogP contribution < -0.4 is 10.4 Å². The molecule has 0 amide bonds. The van der Waals surface area contributed by atoms with Crippen molar-refractivity contribution in [2.45, 2.75) is 13.1 Å². The van der Waals surface area contributed by atoms with E-state index in [1.165, 1.54) is 32.7 Å². The Hall–Kier alpha value is -2.38. The zero-order valence-electron chi connectivity index (χ0n) is 13.4. The third-order valence-corrected chi connectivity index (χ3v) is 8.99. The number of hydrogen-bond donors (Lipinski definition) is 0. The summed E-state index contributed by atoms with van der Waals surface area (Å²) in [6.07, 6.45) is 0. The van der Waals surface area contributed by atoms with Crippen LogP contribution in [0, 0.1) is 0 Å². The molecule has 4 aromatic rings. The van der Waals surface area contributed by atoms with E-state index in [1.54, 1.807) is 10.4 Å². The van der Waals surface area contributed by atoms with Crippen molar-refractivity contribution >= 4 is 40.0 Å². The van der Waals surface area contributed by atoms with Gasteiger partial charge in [-0.2, -0.15) is 0 Å².